The average molecular weight is 294 g/mol. The number of aromatic amines is 1. The lowest BCUT2D eigenvalue weighted by Gasteiger charge is -2.07. The van der Waals surface area contributed by atoms with E-state index in [0.717, 1.165) is 23.0 Å². The molecule has 2 aromatic heterocycles. The van der Waals surface area contributed by atoms with Crippen molar-refractivity contribution in [1.82, 2.24) is 15.0 Å². The summed E-state index contributed by atoms with van der Waals surface area (Å²) in [5, 5.41) is 9.76. The molecule has 2 N–H and O–H groups in total. The molecule has 88 valence electrons. The van der Waals surface area contributed by atoms with Crippen LogP contribution in [-0.4, -0.2) is 20.1 Å². The molecule has 3 rings (SSSR count). The first-order chi connectivity index (χ1) is 8.24. The summed E-state index contributed by atoms with van der Waals surface area (Å²) < 4.78 is 0.833. The fourth-order valence-corrected chi connectivity index (χ4v) is 2.52. The number of fused-ring (bicyclic) bond motifs is 1. The molecule has 17 heavy (non-hydrogen) atoms. The lowest BCUT2D eigenvalue weighted by Crippen LogP contribution is -2.00. The highest BCUT2D eigenvalue weighted by atomic mass is 79.9. The van der Waals surface area contributed by atoms with Crippen molar-refractivity contribution in [2.24, 2.45) is 0 Å². The number of nitrogens with one attached hydrogen (secondary N) is 1. The van der Waals surface area contributed by atoms with Crippen molar-refractivity contribution in [2.45, 2.75) is 25.7 Å². The van der Waals surface area contributed by atoms with Crippen LogP contribution in [0.25, 0.3) is 11.4 Å². The SMILES string of the molecule is Oc1ncc(Br)cc1-c1nc2c([nH]1)CCCC2. The zero-order valence-electron chi connectivity index (χ0n) is 9.20. The standard InChI is InChI=1S/C12H12BrN3O/c13-7-5-8(12(17)14-6-7)11-15-9-3-1-2-4-10(9)16-11/h5-6H,1-4H2,(H,14,17)(H,15,16). The van der Waals surface area contributed by atoms with Crippen LogP contribution >= 0.6 is 15.9 Å². The van der Waals surface area contributed by atoms with Crippen molar-refractivity contribution in [1.29, 1.82) is 0 Å². The van der Waals surface area contributed by atoms with Crippen molar-refractivity contribution in [3.8, 4) is 17.3 Å². The summed E-state index contributed by atoms with van der Waals surface area (Å²) in [5.41, 5.74) is 2.98. The zero-order valence-corrected chi connectivity index (χ0v) is 10.8. The van der Waals surface area contributed by atoms with E-state index >= 15 is 0 Å². The molecule has 0 unspecified atom stereocenters. The molecule has 1 aliphatic carbocycles. The molecule has 0 saturated carbocycles. The predicted molar refractivity (Wildman–Crippen MR) is 67.8 cm³/mol. The first-order valence-corrected chi connectivity index (χ1v) is 6.46. The third kappa shape index (κ3) is 1.95. The van der Waals surface area contributed by atoms with Crippen molar-refractivity contribution < 1.29 is 5.11 Å². The number of pyridine rings is 1. The van der Waals surface area contributed by atoms with Crippen LogP contribution < -0.4 is 0 Å². The van der Waals surface area contributed by atoms with E-state index in [1.807, 2.05) is 6.07 Å². The van der Waals surface area contributed by atoms with Gasteiger partial charge < -0.3 is 10.1 Å². The maximum atomic E-state index is 9.76. The molecule has 0 amide bonds. The Balaban J connectivity index is 2.08. The molecule has 0 atom stereocenters. The van der Waals surface area contributed by atoms with Gasteiger partial charge in [-0.05, 0) is 47.7 Å². The molecule has 0 bridgehead atoms. The Morgan fingerprint density at radius 2 is 2.12 bits per heavy atom. The largest absolute Gasteiger partial charge is 0.493 e. The first-order valence-electron chi connectivity index (χ1n) is 5.66. The van der Waals surface area contributed by atoms with Gasteiger partial charge in [-0.15, -0.1) is 0 Å². The first kappa shape index (κ1) is 10.8. The molecular weight excluding hydrogens is 282 g/mol. The van der Waals surface area contributed by atoms with Crippen LogP contribution in [0.15, 0.2) is 16.7 Å². The van der Waals surface area contributed by atoms with E-state index in [9.17, 15) is 5.11 Å². The van der Waals surface area contributed by atoms with Gasteiger partial charge in [0.2, 0.25) is 5.88 Å². The monoisotopic (exact) mass is 293 g/mol. The van der Waals surface area contributed by atoms with E-state index in [1.165, 1.54) is 18.5 Å². The number of hydrogen-bond donors (Lipinski definition) is 2. The van der Waals surface area contributed by atoms with E-state index in [2.05, 4.69) is 30.9 Å². The van der Waals surface area contributed by atoms with Crippen LogP contribution in [0, 0.1) is 0 Å². The molecule has 0 aromatic carbocycles. The number of aryl methyl sites for hydroxylation is 2. The van der Waals surface area contributed by atoms with Crippen LogP contribution in [0.2, 0.25) is 0 Å². The number of H-pyrrole nitrogens is 1. The maximum Gasteiger partial charge on any atom is 0.222 e. The van der Waals surface area contributed by atoms with E-state index in [0.29, 0.717) is 11.4 Å². The van der Waals surface area contributed by atoms with Crippen LogP contribution in [0.4, 0.5) is 0 Å². The smallest absolute Gasteiger partial charge is 0.222 e. The molecule has 2 aromatic rings. The second-order valence-electron chi connectivity index (χ2n) is 4.24. The van der Waals surface area contributed by atoms with Crippen LogP contribution in [0.3, 0.4) is 0 Å². The summed E-state index contributed by atoms with van der Waals surface area (Å²) in [6, 6.07) is 1.83. The molecule has 0 radical (unpaired) electrons. The van der Waals surface area contributed by atoms with Crippen LogP contribution in [0.5, 0.6) is 5.88 Å². The maximum absolute atomic E-state index is 9.76. The summed E-state index contributed by atoms with van der Waals surface area (Å²) in [6.45, 7) is 0. The molecule has 0 aliphatic heterocycles. The van der Waals surface area contributed by atoms with Gasteiger partial charge in [0, 0.05) is 16.4 Å². The Kier molecular flexibility index (Phi) is 2.63. The minimum atomic E-state index is 0.0132. The number of imidazole rings is 1. The van der Waals surface area contributed by atoms with Gasteiger partial charge in [-0.3, -0.25) is 0 Å². The molecule has 0 saturated heterocycles. The lowest BCUT2D eigenvalue weighted by atomic mass is 10.0. The third-order valence-corrected chi connectivity index (χ3v) is 3.48. The van der Waals surface area contributed by atoms with Crippen molar-refractivity contribution >= 4 is 15.9 Å². The zero-order chi connectivity index (χ0) is 11.8. The summed E-state index contributed by atoms with van der Waals surface area (Å²) in [6.07, 6.45) is 6.04. The fraction of sp³-hybridized carbons (Fsp3) is 0.333. The number of aromatic hydroxyl groups is 1. The summed E-state index contributed by atoms with van der Waals surface area (Å²) >= 11 is 3.35. The van der Waals surface area contributed by atoms with Crippen molar-refractivity contribution in [2.75, 3.05) is 0 Å². The van der Waals surface area contributed by atoms with Gasteiger partial charge in [0.15, 0.2) is 0 Å². The van der Waals surface area contributed by atoms with Crippen molar-refractivity contribution in [3.63, 3.8) is 0 Å². The number of hydrogen-bond acceptors (Lipinski definition) is 3. The van der Waals surface area contributed by atoms with E-state index < -0.39 is 0 Å². The fourth-order valence-electron chi connectivity index (χ4n) is 2.19. The van der Waals surface area contributed by atoms with E-state index in [4.69, 9.17) is 0 Å². The number of aromatic nitrogens is 3. The Morgan fingerprint density at radius 3 is 2.94 bits per heavy atom. The number of halogens is 1. The molecule has 5 heteroatoms. The molecule has 0 fully saturated rings. The summed E-state index contributed by atoms with van der Waals surface area (Å²) in [5.74, 6) is 0.725. The minimum absolute atomic E-state index is 0.0132. The highest BCUT2D eigenvalue weighted by Gasteiger charge is 2.17. The van der Waals surface area contributed by atoms with Crippen LogP contribution in [0.1, 0.15) is 24.2 Å². The number of rotatable bonds is 1. The van der Waals surface area contributed by atoms with Crippen LogP contribution in [-0.2, 0) is 12.8 Å². The quantitative estimate of drug-likeness (QED) is 0.850. The Morgan fingerprint density at radius 1 is 1.29 bits per heavy atom. The predicted octanol–water partition coefficient (Wildman–Crippen LogP) is 2.82. The average Bonchev–Trinajstić information content (AvgIpc) is 2.75. The number of nitrogens with zero attached hydrogens (tertiary/aromatic N) is 2. The van der Waals surface area contributed by atoms with Gasteiger partial charge in [-0.1, -0.05) is 0 Å². The Labute approximate surface area is 107 Å². The normalized spacial score (nSPS) is 14.6. The molecule has 0 spiro atoms. The molecule has 1 aliphatic rings. The van der Waals surface area contributed by atoms with E-state index in [-0.39, 0.29) is 5.88 Å². The Hall–Kier alpha value is -1.36. The molecular formula is C12H12BrN3O. The van der Waals surface area contributed by atoms with Gasteiger partial charge >= 0.3 is 0 Å². The van der Waals surface area contributed by atoms with E-state index in [1.54, 1.807) is 6.20 Å². The van der Waals surface area contributed by atoms with Gasteiger partial charge in [0.1, 0.15) is 5.82 Å². The molecule has 4 nitrogen and oxygen atoms in total. The highest BCUT2D eigenvalue weighted by Crippen LogP contribution is 2.30. The topological polar surface area (TPSA) is 61.8 Å². The van der Waals surface area contributed by atoms with Crippen molar-refractivity contribution in [3.05, 3.63) is 28.1 Å². The molecule has 2 heterocycles. The van der Waals surface area contributed by atoms with Gasteiger partial charge in [-0.2, -0.15) is 0 Å². The minimum Gasteiger partial charge on any atom is -0.493 e. The highest BCUT2D eigenvalue weighted by molar-refractivity contribution is 9.10. The third-order valence-electron chi connectivity index (χ3n) is 3.04. The second kappa shape index (κ2) is 4.14. The van der Waals surface area contributed by atoms with Gasteiger partial charge in [0.05, 0.1) is 11.3 Å². The van der Waals surface area contributed by atoms with Gasteiger partial charge in [-0.25, -0.2) is 9.97 Å². The lowest BCUT2D eigenvalue weighted by molar-refractivity contribution is 0.455. The Bertz CT molecular complexity index is 541. The summed E-state index contributed by atoms with van der Waals surface area (Å²) in [4.78, 5) is 11.7. The summed E-state index contributed by atoms with van der Waals surface area (Å²) in [7, 11) is 0. The van der Waals surface area contributed by atoms with Gasteiger partial charge in [0.25, 0.3) is 0 Å². The second-order valence-corrected chi connectivity index (χ2v) is 5.16.